The number of aliphatic hydroxyl groups excluding tert-OH is 1. The number of Topliss-reactive ketones (excluding diaryl/α,β-unsaturated/α-hetero) is 2. The molecule has 0 aromatic carbocycles. The molecule has 0 amide bonds. The highest BCUT2D eigenvalue weighted by Gasteiger charge is 2.28. The van der Waals surface area contributed by atoms with Crippen LogP contribution in [0.15, 0.2) is 0 Å². The first-order chi connectivity index (χ1) is 6.94. The molecule has 0 radical (unpaired) electrons. The van der Waals surface area contributed by atoms with Crippen molar-refractivity contribution >= 4 is 11.6 Å². The fourth-order valence-corrected chi connectivity index (χ4v) is 1.11. The normalized spacial score (nSPS) is 13.0. The molecule has 0 saturated heterocycles. The molecular formula is C13H24O3. The van der Waals surface area contributed by atoms with Gasteiger partial charge >= 0.3 is 0 Å². The number of carbonyl (C=O) groups excluding carboxylic acids is 2. The van der Waals surface area contributed by atoms with E-state index in [1.54, 1.807) is 0 Å². The number of carbonyl (C=O) groups is 2. The summed E-state index contributed by atoms with van der Waals surface area (Å²) >= 11 is 0. The molecule has 3 nitrogen and oxygen atoms in total. The monoisotopic (exact) mass is 228 g/mol. The van der Waals surface area contributed by atoms with Crippen molar-refractivity contribution in [2.24, 2.45) is 10.8 Å². The summed E-state index contributed by atoms with van der Waals surface area (Å²) < 4.78 is 0. The van der Waals surface area contributed by atoms with Gasteiger partial charge in [0.2, 0.25) is 0 Å². The summed E-state index contributed by atoms with van der Waals surface area (Å²) in [6, 6.07) is 0. The summed E-state index contributed by atoms with van der Waals surface area (Å²) in [5.41, 5.74) is -0.905. The minimum atomic E-state index is -0.849. The Morgan fingerprint density at radius 2 is 1.12 bits per heavy atom. The lowest BCUT2D eigenvalue weighted by Crippen LogP contribution is -2.29. The van der Waals surface area contributed by atoms with Crippen LogP contribution in [0, 0.1) is 10.8 Å². The van der Waals surface area contributed by atoms with Crippen molar-refractivity contribution in [3.8, 4) is 0 Å². The van der Waals surface area contributed by atoms with Crippen molar-refractivity contribution in [1.82, 2.24) is 0 Å². The van der Waals surface area contributed by atoms with E-state index in [0.717, 1.165) is 0 Å². The zero-order valence-corrected chi connectivity index (χ0v) is 11.3. The highest BCUT2D eigenvalue weighted by Crippen LogP contribution is 2.22. The van der Waals surface area contributed by atoms with Crippen molar-refractivity contribution in [2.75, 3.05) is 0 Å². The highest BCUT2D eigenvalue weighted by molar-refractivity contribution is 5.87. The predicted molar refractivity (Wildman–Crippen MR) is 64.2 cm³/mol. The third kappa shape index (κ3) is 5.40. The van der Waals surface area contributed by atoms with E-state index in [2.05, 4.69) is 0 Å². The Morgan fingerprint density at radius 3 is 1.31 bits per heavy atom. The molecule has 0 fully saturated rings. The lowest BCUT2D eigenvalue weighted by atomic mass is 9.84. The maximum atomic E-state index is 11.6. The van der Waals surface area contributed by atoms with Gasteiger partial charge in [-0.25, -0.2) is 0 Å². The first-order valence-corrected chi connectivity index (χ1v) is 5.69. The van der Waals surface area contributed by atoms with Gasteiger partial charge in [0.05, 0.1) is 6.10 Å². The van der Waals surface area contributed by atoms with Gasteiger partial charge in [0.1, 0.15) is 11.6 Å². The van der Waals surface area contributed by atoms with Gasteiger partial charge in [-0.15, -0.1) is 0 Å². The Morgan fingerprint density at radius 1 is 0.875 bits per heavy atom. The van der Waals surface area contributed by atoms with Crippen molar-refractivity contribution in [3.63, 3.8) is 0 Å². The molecule has 16 heavy (non-hydrogen) atoms. The second kappa shape index (κ2) is 5.09. The van der Waals surface area contributed by atoms with Crippen LogP contribution in [0.25, 0.3) is 0 Å². The molecule has 0 aliphatic carbocycles. The van der Waals surface area contributed by atoms with Crippen LogP contribution in [-0.2, 0) is 9.59 Å². The summed E-state index contributed by atoms with van der Waals surface area (Å²) in [5.74, 6) is -0.0246. The Kier molecular flexibility index (Phi) is 4.86. The minimum Gasteiger partial charge on any atom is -0.392 e. The van der Waals surface area contributed by atoms with Gasteiger partial charge in [0, 0.05) is 23.7 Å². The maximum Gasteiger partial charge on any atom is 0.140 e. The molecule has 0 spiro atoms. The fraction of sp³-hybridized carbons (Fsp3) is 0.846. The van der Waals surface area contributed by atoms with E-state index in [9.17, 15) is 14.7 Å². The van der Waals surface area contributed by atoms with E-state index in [-0.39, 0.29) is 24.4 Å². The highest BCUT2D eigenvalue weighted by atomic mass is 16.3. The Hall–Kier alpha value is -0.700. The zero-order valence-electron chi connectivity index (χ0n) is 11.3. The van der Waals surface area contributed by atoms with Crippen LogP contribution >= 0.6 is 0 Å². The van der Waals surface area contributed by atoms with E-state index < -0.39 is 16.9 Å². The molecule has 0 aliphatic heterocycles. The number of rotatable bonds is 4. The third-order valence-electron chi connectivity index (χ3n) is 2.52. The van der Waals surface area contributed by atoms with Crippen molar-refractivity contribution in [1.29, 1.82) is 0 Å². The molecule has 3 heteroatoms. The summed E-state index contributed by atoms with van der Waals surface area (Å²) in [5, 5.41) is 9.68. The Balaban J connectivity index is 4.26. The lowest BCUT2D eigenvalue weighted by molar-refractivity contribution is -0.131. The number of hydrogen-bond acceptors (Lipinski definition) is 3. The van der Waals surface area contributed by atoms with Gasteiger partial charge in [0.15, 0.2) is 0 Å². The van der Waals surface area contributed by atoms with Crippen LogP contribution in [0.2, 0.25) is 0 Å². The van der Waals surface area contributed by atoms with E-state index >= 15 is 0 Å². The molecular weight excluding hydrogens is 204 g/mol. The van der Waals surface area contributed by atoms with Crippen LogP contribution in [0.4, 0.5) is 0 Å². The first-order valence-electron chi connectivity index (χ1n) is 5.69. The molecule has 0 aromatic rings. The van der Waals surface area contributed by atoms with E-state index in [0.29, 0.717) is 0 Å². The molecule has 0 rings (SSSR count). The predicted octanol–water partition coefficient (Wildman–Crippen LogP) is 2.36. The second-order valence-corrected chi connectivity index (χ2v) is 6.41. The van der Waals surface area contributed by atoms with Crippen LogP contribution in [0.1, 0.15) is 54.4 Å². The minimum absolute atomic E-state index is 0.0123. The summed E-state index contributed by atoms with van der Waals surface area (Å²) in [4.78, 5) is 23.3. The molecule has 0 saturated carbocycles. The van der Waals surface area contributed by atoms with Crippen molar-refractivity contribution in [2.45, 2.75) is 60.5 Å². The third-order valence-corrected chi connectivity index (χ3v) is 2.52. The number of aliphatic hydroxyl groups is 1. The smallest absolute Gasteiger partial charge is 0.140 e. The number of hydrogen-bond donors (Lipinski definition) is 1. The second-order valence-electron chi connectivity index (χ2n) is 6.41. The Bertz CT molecular complexity index is 238. The molecule has 94 valence electrons. The van der Waals surface area contributed by atoms with Gasteiger partial charge in [0.25, 0.3) is 0 Å². The van der Waals surface area contributed by atoms with Crippen LogP contribution in [0.3, 0.4) is 0 Å². The van der Waals surface area contributed by atoms with E-state index in [4.69, 9.17) is 0 Å². The average molecular weight is 228 g/mol. The summed E-state index contributed by atoms with van der Waals surface area (Å²) in [6.07, 6.45) is -0.727. The fourth-order valence-electron chi connectivity index (χ4n) is 1.11. The Labute approximate surface area is 98.2 Å². The molecule has 0 atom stereocenters. The van der Waals surface area contributed by atoms with Crippen LogP contribution in [0.5, 0.6) is 0 Å². The average Bonchev–Trinajstić information content (AvgIpc) is 1.99. The van der Waals surface area contributed by atoms with E-state index in [1.165, 1.54) is 0 Å². The zero-order chi connectivity index (χ0) is 13.1. The molecule has 1 N–H and O–H groups in total. The van der Waals surface area contributed by atoms with Gasteiger partial charge in [-0.2, -0.15) is 0 Å². The molecule has 0 aliphatic rings. The largest absolute Gasteiger partial charge is 0.392 e. The van der Waals surface area contributed by atoms with Gasteiger partial charge in [-0.1, -0.05) is 41.5 Å². The van der Waals surface area contributed by atoms with Gasteiger partial charge < -0.3 is 5.11 Å². The maximum absolute atomic E-state index is 11.6. The molecule has 0 aromatic heterocycles. The van der Waals surface area contributed by atoms with Crippen LogP contribution < -0.4 is 0 Å². The summed E-state index contributed by atoms with van der Waals surface area (Å²) in [6.45, 7) is 10.9. The van der Waals surface area contributed by atoms with Crippen molar-refractivity contribution in [3.05, 3.63) is 0 Å². The molecule has 0 heterocycles. The topological polar surface area (TPSA) is 54.4 Å². The number of ketones is 2. The molecule has 0 unspecified atom stereocenters. The van der Waals surface area contributed by atoms with Gasteiger partial charge in [-0.05, 0) is 0 Å². The van der Waals surface area contributed by atoms with E-state index in [1.807, 2.05) is 41.5 Å². The SMILES string of the molecule is CC(C)(C)C(=O)CC(O)CC(=O)C(C)(C)C. The quantitative estimate of drug-likeness (QED) is 0.803. The molecule has 0 bridgehead atoms. The van der Waals surface area contributed by atoms with Crippen LogP contribution in [-0.4, -0.2) is 22.8 Å². The first kappa shape index (κ1) is 15.3. The van der Waals surface area contributed by atoms with Crippen molar-refractivity contribution < 1.29 is 14.7 Å². The standard InChI is InChI=1S/C13H24O3/c1-12(2,3)10(15)7-9(14)8-11(16)13(4,5)6/h9,14H,7-8H2,1-6H3. The van der Waals surface area contributed by atoms with Gasteiger partial charge in [-0.3, -0.25) is 9.59 Å². The lowest BCUT2D eigenvalue weighted by Gasteiger charge is -2.21. The summed E-state index contributed by atoms with van der Waals surface area (Å²) in [7, 11) is 0.